The molecule has 2 aromatic rings. The molecule has 4 nitrogen and oxygen atoms in total. The first-order valence-corrected chi connectivity index (χ1v) is 6.65. The lowest BCUT2D eigenvalue weighted by molar-refractivity contribution is -0.121. The second-order valence-corrected chi connectivity index (χ2v) is 4.74. The number of benzene rings is 1. The van der Waals surface area contributed by atoms with Gasteiger partial charge in [-0.1, -0.05) is 30.3 Å². The number of nitrogens with one attached hydrogen (secondary N) is 1. The van der Waals surface area contributed by atoms with Crippen LogP contribution in [0.2, 0.25) is 0 Å². The molecule has 4 heteroatoms. The molecule has 1 N–H and O–H groups in total. The fraction of sp³-hybridized carbons (Fsp3) is 0.250. The Morgan fingerprint density at radius 1 is 1.25 bits per heavy atom. The van der Waals surface area contributed by atoms with Gasteiger partial charge < -0.3 is 4.57 Å². The predicted molar refractivity (Wildman–Crippen MR) is 80.6 cm³/mol. The number of hydrogen-bond donors (Lipinski definition) is 1. The molecule has 0 bridgehead atoms. The van der Waals surface area contributed by atoms with Crippen molar-refractivity contribution in [3.8, 4) is 0 Å². The van der Waals surface area contributed by atoms with E-state index in [4.69, 9.17) is 0 Å². The minimum Gasteiger partial charge on any atom is -0.347 e. The SMILES string of the molecule is Cc1ccc(/C=N\NC(=O)CCc2ccccc2)n1C. The van der Waals surface area contributed by atoms with Crippen LogP contribution in [0.1, 0.15) is 23.4 Å². The molecule has 104 valence electrons. The second kappa shape index (κ2) is 6.70. The van der Waals surface area contributed by atoms with E-state index >= 15 is 0 Å². The topological polar surface area (TPSA) is 46.4 Å². The first-order chi connectivity index (χ1) is 9.66. The van der Waals surface area contributed by atoms with Gasteiger partial charge in [-0.15, -0.1) is 0 Å². The molecule has 0 fully saturated rings. The predicted octanol–water partition coefficient (Wildman–Crippen LogP) is 2.42. The van der Waals surface area contributed by atoms with E-state index in [0.29, 0.717) is 6.42 Å². The number of nitrogens with zero attached hydrogens (tertiary/aromatic N) is 2. The van der Waals surface area contributed by atoms with Crippen molar-refractivity contribution in [3.63, 3.8) is 0 Å². The molecular formula is C16H19N3O. The van der Waals surface area contributed by atoms with Gasteiger partial charge in [0, 0.05) is 19.2 Å². The van der Waals surface area contributed by atoms with E-state index in [0.717, 1.165) is 23.4 Å². The second-order valence-electron chi connectivity index (χ2n) is 4.74. The summed E-state index contributed by atoms with van der Waals surface area (Å²) in [5.41, 5.74) is 5.83. The largest absolute Gasteiger partial charge is 0.347 e. The zero-order valence-corrected chi connectivity index (χ0v) is 11.8. The number of rotatable bonds is 5. The fourth-order valence-electron chi connectivity index (χ4n) is 1.89. The first kappa shape index (κ1) is 14.1. The Labute approximate surface area is 119 Å². The maximum Gasteiger partial charge on any atom is 0.240 e. The van der Waals surface area contributed by atoms with Gasteiger partial charge in [0.15, 0.2) is 0 Å². The van der Waals surface area contributed by atoms with E-state index in [9.17, 15) is 4.79 Å². The van der Waals surface area contributed by atoms with Crippen molar-refractivity contribution in [1.29, 1.82) is 0 Å². The first-order valence-electron chi connectivity index (χ1n) is 6.65. The molecule has 2 rings (SSSR count). The van der Waals surface area contributed by atoms with Crippen LogP contribution >= 0.6 is 0 Å². The summed E-state index contributed by atoms with van der Waals surface area (Å²) in [4.78, 5) is 11.7. The van der Waals surface area contributed by atoms with Crippen LogP contribution in [0.4, 0.5) is 0 Å². The molecule has 0 saturated heterocycles. The van der Waals surface area contributed by atoms with Gasteiger partial charge in [0.2, 0.25) is 5.91 Å². The minimum absolute atomic E-state index is 0.0731. The average molecular weight is 269 g/mol. The number of carbonyl (C=O) groups is 1. The molecule has 1 heterocycles. The van der Waals surface area contributed by atoms with Gasteiger partial charge in [-0.2, -0.15) is 5.10 Å². The van der Waals surface area contributed by atoms with E-state index in [1.165, 1.54) is 0 Å². The maximum atomic E-state index is 11.7. The Balaban J connectivity index is 1.79. The summed E-state index contributed by atoms with van der Waals surface area (Å²) in [5.74, 6) is -0.0731. The van der Waals surface area contributed by atoms with Crippen molar-refractivity contribution in [2.24, 2.45) is 12.1 Å². The van der Waals surface area contributed by atoms with Gasteiger partial charge in [-0.25, -0.2) is 5.43 Å². The van der Waals surface area contributed by atoms with Crippen molar-refractivity contribution >= 4 is 12.1 Å². The van der Waals surface area contributed by atoms with Gasteiger partial charge in [-0.05, 0) is 31.0 Å². The third-order valence-corrected chi connectivity index (χ3v) is 3.28. The molecule has 0 aliphatic rings. The molecular weight excluding hydrogens is 250 g/mol. The summed E-state index contributed by atoms with van der Waals surface area (Å²) in [6, 6.07) is 13.9. The molecule has 0 radical (unpaired) electrons. The Morgan fingerprint density at radius 2 is 2.00 bits per heavy atom. The van der Waals surface area contributed by atoms with Crippen LogP contribution in [-0.4, -0.2) is 16.7 Å². The van der Waals surface area contributed by atoms with Crippen LogP contribution in [0.5, 0.6) is 0 Å². The van der Waals surface area contributed by atoms with E-state index in [-0.39, 0.29) is 5.91 Å². The summed E-state index contributed by atoms with van der Waals surface area (Å²) in [7, 11) is 1.97. The molecule has 1 amide bonds. The number of carbonyl (C=O) groups excluding carboxylic acids is 1. The Kier molecular flexibility index (Phi) is 4.71. The monoisotopic (exact) mass is 269 g/mol. The third kappa shape index (κ3) is 3.82. The molecule has 0 atom stereocenters. The fourth-order valence-corrected chi connectivity index (χ4v) is 1.89. The van der Waals surface area contributed by atoms with Crippen molar-refractivity contribution < 1.29 is 4.79 Å². The molecule has 0 saturated carbocycles. The minimum atomic E-state index is -0.0731. The quantitative estimate of drug-likeness (QED) is 0.657. The number of amides is 1. The summed E-state index contributed by atoms with van der Waals surface area (Å²) in [6.45, 7) is 2.02. The van der Waals surface area contributed by atoms with Crippen LogP contribution in [0.25, 0.3) is 0 Å². The Bertz CT molecular complexity index is 599. The normalized spacial score (nSPS) is 10.9. The molecule has 1 aromatic carbocycles. The molecule has 0 aliphatic heterocycles. The van der Waals surface area contributed by atoms with Crippen molar-refractivity contribution in [3.05, 3.63) is 59.4 Å². The van der Waals surface area contributed by atoms with Crippen molar-refractivity contribution in [1.82, 2.24) is 9.99 Å². The number of hydrazone groups is 1. The number of aryl methyl sites for hydroxylation is 2. The van der Waals surface area contributed by atoms with Crippen LogP contribution in [0.15, 0.2) is 47.6 Å². The van der Waals surface area contributed by atoms with Gasteiger partial charge in [-0.3, -0.25) is 4.79 Å². The summed E-state index contributed by atoms with van der Waals surface area (Å²) in [6.07, 6.45) is 2.83. The Morgan fingerprint density at radius 3 is 2.65 bits per heavy atom. The van der Waals surface area contributed by atoms with Crippen LogP contribution in [0.3, 0.4) is 0 Å². The Hall–Kier alpha value is -2.36. The summed E-state index contributed by atoms with van der Waals surface area (Å²) >= 11 is 0. The average Bonchev–Trinajstić information content (AvgIpc) is 2.78. The molecule has 1 aromatic heterocycles. The summed E-state index contributed by atoms with van der Waals surface area (Å²) < 4.78 is 2.01. The lowest BCUT2D eigenvalue weighted by atomic mass is 10.1. The van der Waals surface area contributed by atoms with Gasteiger partial charge in [0.05, 0.1) is 11.9 Å². The zero-order chi connectivity index (χ0) is 14.4. The van der Waals surface area contributed by atoms with Gasteiger partial charge >= 0.3 is 0 Å². The molecule has 0 unspecified atom stereocenters. The highest BCUT2D eigenvalue weighted by Gasteiger charge is 2.01. The smallest absolute Gasteiger partial charge is 0.240 e. The highest BCUT2D eigenvalue weighted by molar-refractivity contribution is 5.81. The maximum absolute atomic E-state index is 11.7. The third-order valence-electron chi connectivity index (χ3n) is 3.28. The van der Waals surface area contributed by atoms with Crippen LogP contribution in [0, 0.1) is 6.92 Å². The van der Waals surface area contributed by atoms with Crippen LogP contribution in [-0.2, 0) is 18.3 Å². The number of hydrogen-bond acceptors (Lipinski definition) is 2. The molecule has 20 heavy (non-hydrogen) atoms. The number of aromatic nitrogens is 1. The van der Waals surface area contributed by atoms with Crippen molar-refractivity contribution in [2.75, 3.05) is 0 Å². The lowest BCUT2D eigenvalue weighted by Gasteiger charge is -2.01. The van der Waals surface area contributed by atoms with Gasteiger partial charge in [0.25, 0.3) is 0 Å². The van der Waals surface area contributed by atoms with E-state index in [1.807, 2.05) is 61.0 Å². The zero-order valence-electron chi connectivity index (χ0n) is 11.8. The molecule has 0 spiro atoms. The van der Waals surface area contributed by atoms with Crippen molar-refractivity contribution in [2.45, 2.75) is 19.8 Å². The van der Waals surface area contributed by atoms with Crippen LogP contribution < -0.4 is 5.43 Å². The summed E-state index contributed by atoms with van der Waals surface area (Å²) in [5, 5.41) is 3.98. The van der Waals surface area contributed by atoms with Gasteiger partial charge in [0.1, 0.15) is 0 Å². The van der Waals surface area contributed by atoms with E-state index < -0.39 is 0 Å². The lowest BCUT2D eigenvalue weighted by Crippen LogP contribution is -2.18. The molecule has 0 aliphatic carbocycles. The highest BCUT2D eigenvalue weighted by atomic mass is 16.2. The van der Waals surface area contributed by atoms with E-state index in [2.05, 4.69) is 10.5 Å². The van der Waals surface area contributed by atoms with E-state index in [1.54, 1.807) is 6.21 Å². The standard InChI is InChI=1S/C16H19N3O/c1-13-8-10-15(19(13)2)12-17-18-16(20)11-9-14-6-4-3-5-7-14/h3-8,10,12H,9,11H2,1-2H3,(H,18,20)/b17-12-. The highest BCUT2D eigenvalue weighted by Crippen LogP contribution is 2.03.